The third-order valence-electron chi connectivity index (χ3n) is 2.53. The Balaban J connectivity index is 2.01. The van der Waals surface area contributed by atoms with Gasteiger partial charge in [-0.15, -0.1) is 0 Å². The first-order valence-corrected chi connectivity index (χ1v) is 7.02. The van der Waals surface area contributed by atoms with E-state index in [4.69, 9.17) is 45.3 Å². The number of anilines is 2. The van der Waals surface area contributed by atoms with Crippen LogP contribution in [-0.4, -0.2) is 12.5 Å². The van der Waals surface area contributed by atoms with E-state index in [9.17, 15) is 4.79 Å². The van der Waals surface area contributed by atoms with Crippen LogP contribution in [0.4, 0.5) is 11.4 Å². The van der Waals surface area contributed by atoms with Crippen LogP contribution in [0, 0.1) is 0 Å². The van der Waals surface area contributed by atoms with Crippen LogP contribution in [0.2, 0.25) is 15.1 Å². The standard InChI is InChI=1S/C14H11Cl3N2O2/c15-9-5-4-8(18)6-12(9)19-13(20)7-21-14-10(16)2-1-3-11(14)17/h1-6H,7,18H2,(H,19,20). The van der Waals surface area contributed by atoms with Crippen molar-refractivity contribution in [2.75, 3.05) is 17.7 Å². The van der Waals surface area contributed by atoms with Crippen molar-refractivity contribution in [3.05, 3.63) is 51.5 Å². The minimum absolute atomic E-state index is 0.255. The maximum atomic E-state index is 11.9. The van der Waals surface area contributed by atoms with Crippen LogP contribution < -0.4 is 15.8 Å². The van der Waals surface area contributed by atoms with Crippen LogP contribution in [0.25, 0.3) is 0 Å². The van der Waals surface area contributed by atoms with Crippen LogP contribution in [0.5, 0.6) is 5.75 Å². The second-order valence-electron chi connectivity index (χ2n) is 4.13. The summed E-state index contributed by atoms with van der Waals surface area (Å²) in [5.74, 6) is -0.145. The average Bonchev–Trinajstić information content (AvgIpc) is 2.42. The number of amides is 1. The van der Waals surface area contributed by atoms with Gasteiger partial charge in [0.25, 0.3) is 5.91 Å². The number of benzene rings is 2. The van der Waals surface area contributed by atoms with Crippen molar-refractivity contribution in [2.45, 2.75) is 0 Å². The van der Waals surface area contributed by atoms with E-state index in [-0.39, 0.29) is 12.4 Å². The van der Waals surface area contributed by atoms with E-state index >= 15 is 0 Å². The molecule has 0 aliphatic rings. The number of nitrogen functional groups attached to an aromatic ring is 1. The minimum atomic E-state index is -0.404. The molecular formula is C14H11Cl3N2O2. The van der Waals surface area contributed by atoms with E-state index in [2.05, 4.69) is 5.32 Å². The molecule has 110 valence electrons. The Kier molecular flexibility index (Phi) is 5.17. The van der Waals surface area contributed by atoms with Crippen molar-refractivity contribution in [3.63, 3.8) is 0 Å². The SMILES string of the molecule is Nc1ccc(Cl)c(NC(=O)COc2c(Cl)cccc2Cl)c1. The van der Waals surface area contributed by atoms with E-state index in [0.717, 1.165) is 0 Å². The Morgan fingerprint density at radius 3 is 2.43 bits per heavy atom. The molecule has 0 aliphatic heterocycles. The summed E-state index contributed by atoms with van der Waals surface area (Å²) in [6, 6.07) is 9.72. The number of nitrogens with one attached hydrogen (secondary N) is 1. The number of carbonyl (C=O) groups excluding carboxylic acids is 1. The smallest absolute Gasteiger partial charge is 0.262 e. The van der Waals surface area contributed by atoms with Gasteiger partial charge in [0.1, 0.15) is 0 Å². The fraction of sp³-hybridized carbons (Fsp3) is 0.0714. The number of nitrogens with two attached hydrogens (primary N) is 1. The van der Waals surface area contributed by atoms with E-state index in [1.165, 1.54) is 0 Å². The predicted octanol–water partition coefficient (Wildman–Crippen LogP) is 4.25. The highest BCUT2D eigenvalue weighted by Gasteiger charge is 2.11. The first-order valence-electron chi connectivity index (χ1n) is 5.89. The molecule has 3 N–H and O–H groups in total. The van der Waals surface area contributed by atoms with Crippen molar-refractivity contribution in [3.8, 4) is 5.75 Å². The van der Waals surface area contributed by atoms with Gasteiger partial charge in [0, 0.05) is 5.69 Å². The second kappa shape index (κ2) is 6.89. The van der Waals surface area contributed by atoms with Gasteiger partial charge in [-0.1, -0.05) is 40.9 Å². The largest absolute Gasteiger partial charge is 0.481 e. The van der Waals surface area contributed by atoms with Gasteiger partial charge in [0.15, 0.2) is 12.4 Å². The van der Waals surface area contributed by atoms with Gasteiger partial charge in [-0.25, -0.2) is 0 Å². The molecule has 0 radical (unpaired) electrons. The van der Waals surface area contributed by atoms with Crippen LogP contribution in [0.3, 0.4) is 0 Å². The normalized spacial score (nSPS) is 10.2. The van der Waals surface area contributed by atoms with Gasteiger partial charge in [0.05, 0.1) is 20.8 Å². The quantitative estimate of drug-likeness (QED) is 0.814. The molecule has 0 aliphatic carbocycles. The Morgan fingerprint density at radius 2 is 1.76 bits per heavy atom. The third-order valence-corrected chi connectivity index (χ3v) is 3.46. The van der Waals surface area contributed by atoms with Gasteiger partial charge in [0.2, 0.25) is 0 Å². The van der Waals surface area contributed by atoms with Crippen molar-refractivity contribution in [2.24, 2.45) is 0 Å². The highest BCUT2D eigenvalue weighted by Crippen LogP contribution is 2.32. The molecule has 0 atom stereocenters. The lowest BCUT2D eigenvalue weighted by molar-refractivity contribution is -0.118. The summed E-state index contributed by atoms with van der Waals surface area (Å²) >= 11 is 17.8. The molecule has 4 nitrogen and oxygen atoms in total. The number of hydrogen-bond donors (Lipinski definition) is 2. The number of ether oxygens (including phenoxy) is 1. The number of hydrogen-bond acceptors (Lipinski definition) is 3. The lowest BCUT2D eigenvalue weighted by atomic mass is 10.3. The number of rotatable bonds is 4. The number of para-hydroxylation sites is 1. The van der Waals surface area contributed by atoms with Crippen molar-refractivity contribution < 1.29 is 9.53 Å². The van der Waals surface area contributed by atoms with Gasteiger partial charge >= 0.3 is 0 Å². The summed E-state index contributed by atoms with van der Waals surface area (Å²) in [5.41, 5.74) is 6.53. The van der Waals surface area contributed by atoms with E-state index in [0.29, 0.717) is 26.4 Å². The summed E-state index contributed by atoms with van der Waals surface area (Å²) in [5, 5.41) is 3.64. The van der Waals surface area contributed by atoms with Crippen LogP contribution in [0.15, 0.2) is 36.4 Å². The molecule has 0 saturated carbocycles. The van der Waals surface area contributed by atoms with Gasteiger partial charge in [-0.2, -0.15) is 0 Å². The molecule has 21 heavy (non-hydrogen) atoms. The van der Waals surface area contributed by atoms with Crippen LogP contribution in [-0.2, 0) is 4.79 Å². The summed E-state index contributed by atoms with van der Waals surface area (Å²) < 4.78 is 5.32. The summed E-state index contributed by atoms with van der Waals surface area (Å²) in [6.45, 7) is -0.255. The molecule has 2 aromatic rings. The zero-order chi connectivity index (χ0) is 15.4. The van der Waals surface area contributed by atoms with Crippen molar-refractivity contribution in [1.29, 1.82) is 0 Å². The van der Waals surface area contributed by atoms with Gasteiger partial charge < -0.3 is 15.8 Å². The molecule has 2 aromatic carbocycles. The van der Waals surface area contributed by atoms with Crippen molar-refractivity contribution in [1.82, 2.24) is 0 Å². The molecular weight excluding hydrogens is 335 g/mol. The summed E-state index contributed by atoms with van der Waals surface area (Å²) in [6.07, 6.45) is 0. The van der Waals surface area contributed by atoms with E-state index in [1.54, 1.807) is 36.4 Å². The zero-order valence-electron chi connectivity index (χ0n) is 10.7. The summed E-state index contributed by atoms with van der Waals surface area (Å²) in [4.78, 5) is 11.9. The van der Waals surface area contributed by atoms with Crippen LogP contribution in [0.1, 0.15) is 0 Å². The average molecular weight is 346 g/mol. The fourth-order valence-electron chi connectivity index (χ4n) is 1.58. The monoisotopic (exact) mass is 344 g/mol. The first kappa shape index (κ1) is 15.8. The Labute approximate surface area is 136 Å². The highest BCUT2D eigenvalue weighted by atomic mass is 35.5. The zero-order valence-corrected chi connectivity index (χ0v) is 13.0. The molecule has 0 unspecified atom stereocenters. The van der Waals surface area contributed by atoms with Crippen LogP contribution >= 0.6 is 34.8 Å². The molecule has 0 bridgehead atoms. The van der Waals surface area contributed by atoms with E-state index < -0.39 is 5.91 Å². The summed E-state index contributed by atoms with van der Waals surface area (Å²) in [7, 11) is 0. The molecule has 0 heterocycles. The molecule has 2 rings (SSSR count). The molecule has 0 aromatic heterocycles. The fourth-order valence-corrected chi connectivity index (χ4v) is 2.25. The molecule has 7 heteroatoms. The Hall–Kier alpha value is -1.62. The highest BCUT2D eigenvalue weighted by molar-refractivity contribution is 6.37. The van der Waals surface area contributed by atoms with Gasteiger partial charge in [-0.05, 0) is 30.3 Å². The van der Waals surface area contributed by atoms with E-state index in [1.807, 2.05) is 0 Å². The first-order chi connectivity index (χ1) is 9.97. The minimum Gasteiger partial charge on any atom is -0.481 e. The van der Waals surface area contributed by atoms with Crippen molar-refractivity contribution >= 4 is 52.1 Å². The molecule has 0 fully saturated rings. The number of halogens is 3. The third kappa shape index (κ3) is 4.17. The molecule has 0 saturated heterocycles. The lowest BCUT2D eigenvalue weighted by Gasteiger charge is -2.11. The topological polar surface area (TPSA) is 64.3 Å². The second-order valence-corrected chi connectivity index (χ2v) is 5.35. The molecule has 0 spiro atoms. The molecule has 1 amide bonds. The Morgan fingerprint density at radius 1 is 1.10 bits per heavy atom. The predicted molar refractivity (Wildman–Crippen MR) is 86.5 cm³/mol. The maximum Gasteiger partial charge on any atom is 0.262 e. The number of carbonyl (C=O) groups is 1. The van der Waals surface area contributed by atoms with Gasteiger partial charge in [-0.3, -0.25) is 4.79 Å². The Bertz CT molecular complexity index is 657. The lowest BCUT2D eigenvalue weighted by Crippen LogP contribution is -2.20. The maximum absolute atomic E-state index is 11.9.